The number of anilines is 1. The Morgan fingerprint density at radius 1 is 1.03 bits per heavy atom. The number of tetrazole rings is 1. The van der Waals surface area contributed by atoms with Gasteiger partial charge in [-0.2, -0.15) is 4.68 Å². The number of hydrogen-bond donors (Lipinski definition) is 1. The summed E-state index contributed by atoms with van der Waals surface area (Å²) in [6.45, 7) is 1.74. The van der Waals surface area contributed by atoms with Crippen molar-refractivity contribution >= 4 is 34.2 Å². The third-order valence-corrected chi connectivity index (χ3v) is 5.72. The molecule has 0 bridgehead atoms. The van der Waals surface area contributed by atoms with Crippen LogP contribution in [0.4, 0.5) is 10.1 Å². The highest BCUT2D eigenvalue weighted by molar-refractivity contribution is 6.25. The molecule has 2 heterocycles. The predicted molar refractivity (Wildman–Crippen MR) is 121 cm³/mol. The fourth-order valence-corrected chi connectivity index (χ4v) is 4.11. The molecule has 0 aliphatic carbocycles. The molecule has 3 amide bonds. The largest absolute Gasteiger partial charge is 0.326 e. The molecule has 0 atom stereocenters. The van der Waals surface area contributed by atoms with Crippen LogP contribution in [0.2, 0.25) is 0 Å². The molecular formula is C24H19FN6O3. The average Bonchev–Trinajstić information content (AvgIpc) is 3.26. The summed E-state index contributed by atoms with van der Waals surface area (Å²) in [4.78, 5) is 39.5. The minimum absolute atomic E-state index is 0.0690. The number of carbonyl (C=O) groups is 3. The number of halogens is 1. The summed E-state index contributed by atoms with van der Waals surface area (Å²) >= 11 is 0. The van der Waals surface area contributed by atoms with E-state index in [1.54, 1.807) is 31.2 Å². The number of nitrogens with one attached hydrogen (secondary N) is 1. The van der Waals surface area contributed by atoms with Crippen molar-refractivity contribution in [2.45, 2.75) is 19.8 Å². The van der Waals surface area contributed by atoms with Gasteiger partial charge in [-0.25, -0.2) is 4.39 Å². The van der Waals surface area contributed by atoms with Crippen molar-refractivity contribution < 1.29 is 18.8 Å². The van der Waals surface area contributed by atoms with Crippen LogP contribution in [0.1, 0.15) is 39.4 Å². The van der Waals surface area contributed by atoms with Crippen molar-refractivity contribution in [1.29, 1.82) is 0 Å². The van der Waals surface area contributed by atoms with Crippen LogP contribution in [0.25, 0.3) is 16.5 Å². The maximum Gasteiger partial charge on any atom is 0.261 e. The molecule has 4 aromatic rings. The fourth-order valence-electron chi connectivity index (χ4n) is 4.11. The molecule has 34 heavy (non-hydrogen) atoms. The zero-order valence-corrected chi connectivity index (χ0v) is 18.2. The summed E-state index contributed by atoms with van der Waals surface area (Å²) in [5, 5.41) is 15.2. The number of hydrogen-bond acceptors (Lipinski definition) is 6. The fraction of sp³-hybridized carbons (Fsp3) is 0.167. The lowest BCUT2D eigenvalue weighted by atomic mass is 9.94. The molecule has 1 aromatic heterocycles. The maximum absolute atomic E-state index is 14.2. The van der Waals surface area contributed by atoms with Gasteiger partial charge in [-0.3, -0.25) is 19.3 Å². The van der Waals surface area contributed by atoms with E-state index in [0.29, 0.717) is 28.0 Å². The molecule has 0 radical (unpaired) electrons. The Morgan fingerprint density at radius 2 is 1.74 bits per heavy atom. The topological polar surface area (TPSA) is 110 Å². The molecule has 1 aliphatic heterocycles. The van der Waals surface area contributed by atoms with Gasteiger partial charge in [-0.15, -0.1) is 5.10 Å². The number of nitrogens with zero attached hydrogens (tertiary/aromatic N) is 5. The normalized spacial score (nSPS) is 12.9. The van der Waals surface area contributed by atoms with Crippen molar-refractivity contribution in [2.75, 3.05) is 11.9 Å². The SMILES string of the molecule is Cc1nnnn1-c1cc(NC(=O)CCCN2C(=O)c3cccc4cccc(c34)C2=O)ccc1F. The van der Waals surface area contributed by atoms with E-state index < -0.39 is 5.82 Å². The van der Waals surface area contributed by atoms with Crippen LogP contribution in [-0.4, -0.2) is 49.4 Å². The van der Waals surface area contributed by atoms with Crippen molar-refractivity contribution in [3.63, 3.8) is 0 Å². The molecule has 0 fully saturated rings. The summed E-state index contributed by atoms with van der Waals surface area (Å²) in [5.74, 6) is -1.20. The molecule has 170 valence electrons. The van der Waals surface area contributed by atoms with Gasteiger partial charge in [0.25, 0.3) is 11.8 Å². The van der Waals surface area contributed by atoms with Crippen LogP contribution in [0.5, 0.6) is 0 Å². The van der Waals surface area contributed by atoms with E-state index in [2.05, 4.69) is 20.8 Å². The zero-order chi connectivity index (χ0) is 23.8. The lowest BCUT2D eigenvalue weighted by Crippen LogP contribution is -2.41. The van der Waals surface area contributed by atoms with E-state index >= 15 is 0 Å². The number of amides is 3. The van der Waals surface area contributed by atoms with Crippen LogP contribution < -0.4 is 5.32 Å². The monoisotopic (exact) mass is 458 g/mol. The van der Waals surface area contributed by atoms with E-state index in [1.807, 2.05) is 12.1 Å². The van der Waals surface area contributed by atoms with E-state index in [-0.39, 0.29) is 42.8 Å². The first-order chi connectivity index (χ1) is 16.4. The number of aromatic nitrogens is 4. The molecular weight excluding hydrogens is 439 g/mol. The highest BCUT2D eigenvalue weighted by Crippen LogP contribution is 2.30. The Bertz CT molecular complexity index is 1410. The predicted octanol–water partition coefficient (Wildman–Crippen LogP) is 3.28. The molecule has 0 saturated heterocycles. The van der Waals surface area contributed by atoms with Crippen LogP contribution in [0.15, 0.2) is 54.6 Å². The number of rotatable bonds is 6. The average molecular weight is 458 g/mol. The molecule has 5 rings (SSSR count). The van der Waals surface area contributed by atoms with Gasteiger partial charge >= 0.3 is 0 Å². The molecule has 9 nitrogen and oxygen atoms in total. The van der Waals surface area contributed by atoms with E-state index in [1.165, 1.54) is 27.8 Å². The first-order valence-corrected chi connectivity index (χ1v) is 10.7. The smallest absolute Gasteiger partial charge is 0.261 e. The second-order valence-electron chi connectivity index (χ2n) is 7.93. The summed E-state index contributed by atoms with van der Waals surface area (Å²) in [6.07, 6.45) is 0.348. The standard InChI is InChI=1S/C24H19FN6O3/c1-14-27-28-29-31(14)20-13-16(10-11-19(20)25)26-21(32)9-4-12-30-23(33)17-7-2-5-15-6-3-8-18(22(15)17)24(30)34/h2-3,5-8,10-11,13H,4,9,12H2,1H3,(H,26,32). The Hall–Kier alpha value is -4.47. The quantitative estimate of drug-likeness (QED) is 0.444. The minimum Gasteiger partial charge on any atom is -0.326 e. The molecule has 0 spiro atoms. The van der Waals surface area contributed by atoms with Gasteiger partial charge in [-0.1, -0.05) is 24.3 Å². The third-order valence-electron chi connectivity index (χ3n) is 5.72. The van der Waals surface area contributed by atoms with E-state index in [0.717, 1.165) is 5.39 Å². The number of benzene rings is 3. The van der Waals surface area contributed by atoms with Crippen LogP contribution in [0, 0.1) is 12.7 Å². The highest BCUT2D eigenvalue weighted by Gasteiger charge is 2.32. The van der Waals surface area contributed by atoms with Gasteiger partial charge in [0, 0.05) is 35.2 Å². The van der Waals surface area contributed by atoms with Crippen molar-refractivity contribution in [1.82, 2.24) is 25.1 Å². The zero-order valence-electron chi connectivity index (χ0n) is 18.2. The number of imide groups is 1. The first kappa shape index (κ1) is 21.4. The summed E-state index contributed by atoms with van der Waals surface area (Å²) in [5.41, 5.74) is 1.45. The van der Waals surface area contributed by atoms with Crippen molar-refractivity contribution in [3.05, 3.63) is 77.4 Å². The van der Waals surface area contributed by atoms with Crippen LogP contribution >= 0.6 is 0 Å². The summed E-state index contributed by atoms with van der Waals surface area (Å²) in [7, 11) is 0. The second-order valence-corrected chi connectivity index (χ2v) is 7.93. The first-order valence-electron chi connectivity index (χ1n) is 10.7. The summed E-state index contributed by atoms with van der Waals surface area (Å²) in [6, 6.07) is 14.8. The van der Waals surface area contributed by atoms with Crippen molar-refractivity contribution in [3.8, 4) is 5.69 Å². The molecule has 1 N–H and O–H groups in total. The lowest BCUT2D eigenvalue weighted by molar-refractivity contribution is -0.116. The maximum atomic E-state index is 14.2. The number of carbonyl (C=O) groups excluding carboxylic acids is 3. The Morgan fingerprint density at radius 3 is 2.38 bits per heavy atom. The van der Waals surface area contributed by atoms with Crippen LogP contribution in [-0.2, 0) is 4.79 Å². The highest BCUT2D eigenvalue weighted by atomic mass is 19.1. The second kappa shape index (κ2) is 8.47. The number of aryl methyl sites for hydroxylation is 1. The third kappa shape index (κ3) is 3.68. The van der Waals surface area contributed by atoms with Crippen molar-refractivity contribution in [2.24, 2.45) is 0 Å². The molecule has 3 aromatic carbocycles. The van der Waals surface area contributed by atoms with E-state index in [4.69, 9.17) is 0 Å². The Balaban J connectivity index is 1.25. The molecule has 1 aliphatic rings. The minimum atomic E-state index is -0.536. The molecule has 10 heteroatoms. The van der Waals surface area contributed by atoms with Gasteiger partial charge in [0.2, 0.25) is 5.91 Å². The lowest BCUT2D eigenvalue weighted by Gasteiger charge is -2.27. The summed E-state index contributed by atoms with van der Waals surface area (Å²) < 4.78 is 15.5. The van der Waals surface area contributed by atoms with Gasteiger partial charge in [-0.05, 0) is 59.5 Å². The van der Waals surface area contributed by atoms with Crippen LogP contribution in [0.3, 0.4) is 0 Å². The van der Waals surface area contributed by atoms with E-state index in [9.17, 15) is 18.8 Å². The van der Waals surface area contributed by atoms with Gasteiger partial charge in [0.1, 0.15) is 11.5 Å². The van der Waals surface area contributed by atoms with Gasteiger partial charge in [0.05, 0.1) is 0 Å². The molecule has 0 saturated carbocycles. The van der Waals surface area contributed by atoms with Gasteiger partial charge < -0.3 is 5.32 Å². The Labute approximate surface area is 193 Å². The molecule has 0 unspecified atom stereocenters. The van der Waals surface area contributed by atoms with Gasteiger partial charge in [0.15, 0.2) is 5.82 Å². The Kier molecular flexibility index (Phi) is 5.33.